The first kappa shape index (κ1) is 17.6. The molecule has 0 aliphatic carbocycles. The van der Waals surface area contributed by atoms with Gasteiger partial charge in [-0.15, -0.1) is 15.3 Å². The largest absolute Gasteiger partial charge is 0.340 e. The first-order valence-corrected chi connectivity index (χ1v) is 9.50. The summed E-state index contributed by atoms with van der Waals surface area (Å²) >= 11 is 0. The minimum absolute atomic E-state index is 0.0789. The molecule has 9 heteroatoms. The Bertz CT molecular complexity index is 905. The molecule has 9 nitrogen and oxygen atoms in total. The number of hydrogen-bond acceptors (Lipinski definition) is 6. The number of aromatic nitrogens is 7. The second-order valence-electron chi connectivity index (χ2n) is 7.23. The van der Waals surface area contributed by atoms with E-state index in [1.165, 1.54) is 6.33 Å². The van der Waals surface area contributed by atoms with Crippen molar-refractivity contribution < 1.29 is 4.79 Å². The Balaban J connectivity index is 1.57. The number of amides is 1. The molecule has 0 radical (unpaired) electrons. The molecule has 3 atom stereocenters. The minimum atomic E-state index is -0.376. The van der Waals surface area contributed by atoms with Crippen molar-refractivity contribution in [2.75, 3.05) is 13.1 Å². The van der Waals surface area contributed by atoms with Gasteiger partial charge >= 0.3 is 0 Å². The van der Waals surface area contributed by atoms with Crippen LogP contribution in [0.2, 0.25) is 0 Å². The predicted octanol–water partition coefficient (Wildman–Crippen LogP) is 1.71. The zero-order valence-corrected chi connectivity index (χ0v) is 15.6. The number of hydrogen-bond donors (Lipinski definition) is 0. The Hall–Kier alpha value is -2.84. The predicted molar refractivity (Wildman–Crippen MR) is 97.9 cm³/mol. The van der Waals surface area contributed by atoms with Gasteiger partial charge in [-0.05, 0) is 41.3 Å². The Labute approximate surface area is 157 Å². The van der Waals surface area contributed by atoms with Crippen LogP contribution in [0.25, 0.3) is 5.65 Å². The zero-order valence-electron chi connectivity index (χ0n) is 15.6. The number of fused-ring (bicyclic) bond motifs is 1. The topological polar surface area (TPSA) is 94.1 Å². The lowest BCUT2D eigenvalue weighted by molar-refractivity contribution is -0.138. The van der Waals surface area contributed by atoms with Crippen LogP contribution in [-0.2, 0) is 4.79 Å². The number of carbonyl (C=O) groups excluding carboxylic acids is 1. The van der Waals surface area contributed by atoms with Crippen molar-refractivity contribution in [3.8, 4) is 0 Å². The molecule has 27 heavy (non-hydrogen) atoms. The van der Waals surface area contributed by atoms with E-state index in [-0.39, 0.29) is 23.8 Å². The summed E-state index contributed by atoms with van der Waals surface area (Å²) in [6.07, 6.45) is 6.33. The summed E-state index contributed by atoms with van der Waals surface area (Å²) in [5, 5.41) is 20.1. The summed E-state index contributed by atoms with van der Waals surface area (Å²) in [6.45, 7) is 5.54. The van der Waals surface area contributed by atoms with E-state index in [9.17, 15) is 4.79 Å². The third-order valence-corrected chi connectivity index (χ3v) is 5.52. The molecule has 3 aromatic heterocycles. The van der Waals surface area contributed by atoms with E-state index >= 15 is 0 Å². The summed E-state index contributed by atoms with van der Waals surface area (Å²) in [5.41, 5.74) is 0.835. The molecule has 0 saturated carbocycles. The highest BCUT2D eigenvalue weighted by molar-refractivity contribution is 5.80. The van der Waals surface area contributed by atoms with Gasteiger partial charge in [0.15, 0.2) is 5.65 Å². The van der Waals surface area contributed by atoms with Crippen molar-refractivity contribution in [3.05, 3.63) is 36.5 Å². The zero-order chi connectivity index (χ0) is 18.8. The van der Waals surface area contributed by atoms with Crippen molar-refractivity contribution >= 4 is 11.6 Å². The van der Waals surface area contributed by atoms with Crippen molar-refractivity contribution in [1.29, 1.82) is 0 Å². The molecule has 1 aliphatic heterocycles. The highest BCUT2D eigenvalue weighted by Gasteiger charge is 2.35. The summed E-state index contributed by atoms with van der Waals surface area (Å²) in [4.78, 5) is 15.3. The van der Waals surface area contributed by atoms with Crippen LogP contribution < -0.4 is 0 Å². The molecule has 3 aromatic rings. The van der Waals surface area contributed by atoms with E-state index in [0.717, 1.165) is 37.3 Å². The van der Waals surface area contributed by atoms with Crippen LogP contribution in [0.3, 0.4) is 0 Å². The van der Waals surface area contributed by atoms with E-state index in [1.54, 1.807) is 4.68 Å². The third kappa shape index (κ3) is 3.29. The van der Waals surface area contributed by atoms with Crippen LogP contribution in [0.15, 0.2) is 30.7 Å². The van der Waals surface area contributed by atoms with Gasteiger partial charge in [-0.2, -0.15) is 0 Å². The lowest BCUT2D eigenvalue weighted by Gasteiger charge is -2.35. The van der Waals surface area contributed by atoms with Crippen molar-refractivity contribution in [2.45, 2.75) is 45.1 Å². The van der Waals surface area contributed by atoms with Crippen molar-refractivity contribution in [3.63, 3.8) is 0 Å². The minimum Gasteiger partial charge on any atom is -0.340 e. The molecule has 4 rings (SSSR count). The van der Waals surface area contributed by atoms with Crippen LogP contribution in [0.5, 0.6) is 0 Å². The lowest BCUT2D eigenvalue weighted by Crippen LogP contribution is -2.45. The van der Waals surface area contributed by atoms with Crippen LogP contribution in [0.4, 0.5) is 0 Å². The molecule has 4 heterocycles. The van der Waals surface area contributed by atoms with Gasteiger partial charge in [0, 0.05) is 25.2 Å². The van der Waals surface area contributed by atoms with Gasteiger partial charge < -0.3 is 4.90 Å². The highest BCUT2D eigenvalue weighted by Crippen LogP contribution is 2.29. The number of piperidine rings is 1. The van der Waals surface area contributed by atoms with Gasteiger partial charge in [0.25, 0.3) is 0 Å². The molecule has 0 N–H and O–H groups in total. The van der Waals surface area contributed by atoms with Gasteiger partial charge in [0.2, 0.25) is 5.91 Å². The summed E-state index contributed by atoms with van der Waals surface area (Å²) < 4.78 is 3.61. The van der Waals surface area contributed by atoms with E-state index < -0.39 is 0 Å². The van der Waals surface area contributed by atoms with E-state index in [4.69, 9.17) is 0 Å². The fourth-order valence-electron chi connectivity index (χ4n) is 3.85. The molecule has 1 aliphatic rings. The number of carbonyl (C=O) groups is 1. The average molecular weight is 368 g/mol. The number of rotatable bonds is 5. The maximum Gasteiger partial charge on any atom is 0.247 e. The lowest BCUT2D eigenvalue weighted by atomic mass is 9.93. The molecule has 0 unspecified atom stereocenters. The SMILES string of the molecule is CC[C@H](C)[C@@H](C(=O)N1CCC[C@H](c2nnc3ccccn23)C1)n1cnnn1. The summed E-state index contributed by atoms with van der Waals surface area (Å²) in [5.74, 6) is 1.32. The highest BCUT2D eigenvalue weighted by atomic mass is 16.2. The van der Waals surface area contributed by atoms with Gasteiger partial charge in [0.1, 0.15) is 18.2 Å². The standard InChI is InChI=1S/C18H24N8O/c1-3-13(2)16(26-12-19-22-23-26)18(27)24-9-6-7-14(11-24)17-21-20-15-8-4-5-10-25(15)17/h4-5,8,10,12-14,16H,3,6-7,9,11H2,1-2H3/t13-,14-,16-/m0/s1. The van der Waals surface area contributed by atoms with Gasteiger partial charge in [-0.25, -0.2) is 4.68 Å². The number of nitrogens with zero attached hydrogens (tertiary/aromatic N) is 8. The summed E-state index contributed by atoms with van der Waals surface area (Å²) in [6, 6.07) is 5.49. The molecule has 1 amide bonds. The molecule has 0 bridgehead atoms. The first-order chi connectivity index (χ1) is 13.2. The van der Waals surface area contributed by atoms with Crippen molar-refractivity contribution in [2.24, 2.45) is 5.92 Å². The molecule has 0 aromatic carbocycles. The monoisotopic (exact) mass is 368 g/mol. The number of tetrazole rings is 1. The van der Waals surface area contributed by atoms with E-state index in [2.05, 4.69) is 39.6 Å². The van der Waals surface area contributed by atoms with Crippen LogP contribution in [0.1, 0.15) is 50.9 Å². The molecule has 142 valence electrons. The Kier molecular flexibility index (Phi) is 4.83. The second-order valence-corrected chi connectivity index (χ2v) is 7.23. The number of pyridine rings is 1. The Morgan fingerprint density at radius 3 is 3.00 bits per heavy atom. The van der Waals surface area contributed by atoms with Gasteiger partial charge in [0.05, 0.1) is 0 Å². The van der Waals surface area contributed by atoms with Crippen LogP contribution >= 0.6 is 0 Å². The molecular formula is C18H24N8O. The second kappa shape index (κ2) is 7.42. The maximum atomic E-state index is 13.3. The van der Waals surface area contributed by atoms with Gasteiger partial charge in [-0.3, -0.25) is 9.20 Å². The Morgan fingerprint density at radius 2 is 2.22 bits per heavy atom. The van der Waals surface area contributed by atoms with Crippen molar-refractivity contribution in [1.82, 2.24) is 39.7 Å². The average Bonchev–Trinajstić information content (AvgIpc) is 3.38. The van der Waals surface area contributed by atoms with Crippen LogP contribution in [0, 0.1) is 5.92 Å². The van der Waals surface area contributed by atoms with Crippen LogP contribution in [-0.4, -0.2) is 58.7 Å². The summed E-state index contributed by atoms with van der Waals surface area (Å²) in [7, 11) is 0. The van der Waals surface area contributed by atoms with E-state index in [0.29, 0.717) is 6.54 Å². The molecular weight excluding hydrogens is 344 g/mol. The van der Waals surface area contributed by atoms with Gasteiger partial charge in [-0.1, -0.05) is 26.3 Å². The fraction of sp³-hybridized carbons (Fsp3) is 0.556. The maximum absolute atomic E-state index is 13.3. The smallest absolute Gasteiger partial charge is 0.247 e. The quantitative estimate of drug-likeness (QED) is 0.680. The molecule has 1 fully saturated rings. The first-order valence-electron chi connectivity index (χ1n) is 9.50. The number of likely N-dealkylation sites (tertiary alicyclic amines) is 1. The normalized spacial score (nSPS) is 19.9. The molecule has 1 saturated heterocycles. The Morgan fingerprint density at radius 1 is 1.33 bits per heavy atom. The fourth-order valence-corrected chi connectivity index (χ4v) is 3.85. The molecule has 0 spiro atoms. The third-order valence-electron chi connectivity index (χ3n) is 5.52. The van der Waals surface area contributed by atoms with E-state index in [1.807, 2.05) is 33.7 Å².